The minimum Gasteiger partial charge on any atom is -0.375 e. The van der Waals surface area contributed by atoms with Crippen molar-refractivity contribution in [2.24, 2.45) is 4.99 Å². The Hall–Kier alpha value is -2.57. The lowest BCUT2D eigenvalue weighted by Crippen LogP contribution is -2.61. The summed E-state index contributed by atoms with van der Waals surface area (Å²) in [5, 5.41) is 3.99. The van der Waals surface area contributed by atoms with Crippen molar-refractivity contribution in [3.8, 4) is 0 Å². The summed E-state index contributed by atoms with van der Waals surface area (Å²) in [4.78, 5) is 19.8. The number of thiocarbonyl (C=S) groups is 1. The molecule has 1 atom stereocenters. The molecule has 0 bridgehead atoms. The van der Waals surface area contributed by atoms with E-state index in [0.29, 0.717) is 23.7 Å². The van der Waals surface area contributed by atoms with Gasteiger partial charge in [-0.2, -0.15) is 0 Å². The molecule has 0 aromatic heterocycles. The summed E-state index contributed by atoms with van der Waals surface area (Å²) in [5.74, 6) is 0.841. The zero-order valence-corrected chi connectivity index (χ0v) is 18.5. The highest BCUT2D eigenvalue weighted by Crippen LogP contribution is 2.41. The summed E-state index contributed by atoms with van der Waals surface area (Å²) in [5.41, 5.74) is 1.97. The molecule has 1 spiro atoms. The highest BCUT2D eigenvalue weighted by molar-refractivity contribution is 7.80. The number of amidine groups is 1. The van der Waals surface area contributed by atoms with E-state index in [1.165, 1.54) is 0 Å². The Morgan fingerprint density at radius 3 is 2.57 bits per heavy atom. The molecule has 1 fully saturated rings. The van der Waals surface area contributed by atoms with Crippen molar-refractivity contribution in [1.82, 2.24) is 4.90 Å². The van der Waals surface area contributed by atoms with Crippen LogP contribution < -0.4 is 5.32 Å². The van der Waals surface area contributed by atoms with Gasteiger partial charge in [-0.25, -0.2) is 4.99 Å². The number of ketones is 1. The second kappa shape index (κ2) is 7.93. The summed E-state index contributed by atoms with van der Waals surface area (Å²) < 4.78 is 6.01. The number of nitrogens with zero attached hydrogens (tertiary/aromatic N) is 2. The zero-order valence-electron chi connectivity index (χ0n) is 17.6. The molecule has 1 N–H and O–H groups in total. The zero-order chi connectivity index (χ0) is 21.4. The number of carbonyl (C=O) groups excluding carboxylic acids is 1. The fraction of sp³-hybridized carbons (Fsp3) is 0.375. The Labute approximate surface area is 183 Å². The molecule has 0 saturated carbocycles. The van der Waals surface area contributed by atoms with Gasteiger partial charge >= 0.3 is 0 Å². The van der Waals surface area contributed by atoms with E-state index in [4.69, 9.17) is 21.9 Å². The van der Waals surface area contributed by atoms with Gasteiger partial charge in [0.15, 0.2) is 10.9 Å². The first-order valence-electron chi connectivity index (χ1n) is 10.3. The monoisotopic (exact) mass is 421 g/mol. The molecular weight excluding hydrogens is 394 g/mol. The van der Waals surface area contributed by atoms with Gasteiger partial charge in [-0.3, -0.25) is 4.79 Å². The van der Waals surface area contributed by atoms with E-state index in [-0.39, 0.29) is 17.9 Å². The van der Waals surface area contributed by atoms with Crippen LogP contribution in [-0.2, 0) is 4.74 Å². The van der Waals surface area contributed by atoms with Crippen LogP contribution in [0.4, 0.5) is 5.69 Å². The fourth-order valence-electron chi connectivity index (χ4n) is 4.41. The van der Waals surface area contributed by atoms with Crippen LogP contribution in [0.2, 0.25) is 0 Å². The molecule has 6 heteroatoms. The number of aliphatic imine (C=N–C) groups is 1. The molecule has 2 aromatic carbocycles. The van der Waals surface area contributed by atoms with Crippen molar-refractivity contribution in [3.05, 3.63) is 65.7 Å². The number of Topliss-reactive ketones (excluding diaryl/α,β-unsaturated/α-hetero) is 1. The number of para-hydroxylation sites is 1. The number of nitrogens with one attached hydrogen (secondary N) is 1. The van der Waals surface area contributed by atoms with Gasteiger partial charge in [-0.05, 0) is 44.6 Å². The molecule has 5 nitrogen and oxygen atoms in total. The summed E-state index contributed by atoms with van der Waals surface area (Å²) in [7, 11) is 0. The molecular formula is C24H27N3O2S. The van der Waals surface area contributed by atoms with Gasteiger partial charge in [0.2, 0.25) is 0 Å². The maximum Gasteiger partial charge on any atom is 0.198 e. The van der Waals surface area contributed by atoms with Crippen LogP contribution in [0.15, 0.2) is 59.6 Å². The molecule has 2 aliphatic heterocycles. The normalized spacial score (nSPS) is 22.8. The molecule has 0 amide bonds. The SMILES string of the molecule is Cc1ccccc1NC1=NC(=S)N(CC(=O)c2ccccc2)[C@]12CCOC(C)(C)C2. The third-order valence-electron chi connectivity index (χ3n) is 5.92. The Kier molecular flexibility index (Phi) is 5.47. The van der Waals surface area contributed by atoms with Crippen molar-refractivity contribution in [3.63, 3.8) is 0 Å². The van der Waals surface area contributed by atoms with E-state index in [9.17, 15) is 4.79 Å². The van der Waals surface area contributed by atoms with Crippen molar-refractivity contribution in [2.75, 3.05) is 18.5 Å². The van der Waals surface area contributed by atoms with Gasteiger partial charge in [-0.1, -0.05) is 48.5 Å². The molecule has 0 unspecified atom stereocenters. The maximum atomic E-state index is 13.0. The molecule has 2 aromatic rings. The van der Waals surface area contributed by atoms with Crippen molar-refractivity contribution in [1.29, 1.82) is 0 Å². The number of hydrogen-bond donors (Lipinski definition) is 1. The smallest absolute Gasteiger partial charge is 0.198 e. The van der Waals surface area contributed by atoms with Gasteiger partial charge in [0.05, 0.1) is 12.1 Å². The minimum absolute atomic E-state index is 0.0361. The van der Waals surface area contributed by atoms with Crippen LogP contribution in [0, 0.1) is 6.92 Å². The third kappa shape index (κ3) is 3.89. The Morgan fingerprint density at radius 1 is 1.17 bits per heavy atom. The first-order valence-corrected chi connectivity index (χ1v) is 10.7. The number of aryl methyl sites for hydroxylation is 1. The van der Waals surface area contributed by atoms with E-state index >= 15 is 0 Å². The van der Waals surface area contributed by atoms with Crippen LogP contribution in [0.1, 0.15) is 42.6 Å². The molecule has 2 aliphatic rings. The lowest BCUT2D eigenvalue weighted by molar-refractivity contribution is -0.0860. The van der Waals surface area contributed by atoms with Crippen molar-refractivity contribution in [2.45, 2.75) is 44.8 Å². The first kappa shape index (κ1) is 20.7. The average molecular weight is 422 g/mol. The molecule has 30 heavy (non-hydrogen) atoms. The number of hydrogen-bond acceptors (Lipinski definition) is 4. The van der Waals surface area contributed by atoms with Crippen LogP contribution in [0.5, 0.6) is 0 Å². The Balaban J connectivity index is 1.69. The van der Waals surface area contributed by atoms with Crippen LogP contribution in [0.25, 0.3) is 0 Å². The molecule has 0 aliphatic carbocycles. The van der Waals surface area contributed by atoms with Gasteiger partial charge in [-0.15, -0.1) is 0 Å². The maximum absolute atomic E-state index is 13.0. The lowest BCUT2D eigenvalue weighted by atomic mass is 9.79. The van der Waals surface area contributed by atoms with E-state index in [1.807, 2.05) is 53.4 Å². The van der Waals surface area contributed by atoms with Gasteiger partial charge in [0, 0.05) is 30.7 Å². The summed E-state index contributed by atoms with van der Waals surface area (Å²) in [6.07, 6.45) is 1.41. The first-order chi connectivity index (χ1) is 14.3. The molecule has 156 valence electrons. The topological polar surface area (TPSA) is 53.9 Å². The van der Waals surface area contributed by atoms with E-state index < -0.39 is 5.54 Å². The van der Waals surface area contributed by atoms with Crippen LogP contribution in [0.3, 0.4) is 0 Å². The van der Waals surface area contributed by atoms with E-state index in [2.05, 4.69) is 32.2 Å². The fourth-order valence-corrected chi connectivity index (χ4v) is 4.74. The molecule has 4 rings (SSSR count). The average Bonchev–Trinajstić information content (AvgIpc) is 2.94. The highest BCUT2D eigenvalue weighted by Gasteiger charge is 2.53. The predicted octanol–water partition coefficient (Wildman–Crippen LogP) is 4.62. The van der Waals surface area contributed by atoms with Crippen LogP contribution >= 0.6 is 12.2 Å². The number of anilines is 1. The van der Waals surface area contributed by atoms with Crippen molar-refractivity contribution >= 4 is 34.6 Å². The predicted molar refractivity (Wildman–Crippen MR) is 124 cm³/mol. The minimum atomic E-state index is -0.494. The van der Waals surface area contributed by atoms with E-state index in [0.717, 1.165) is 23.5 Å². The number of carbonyl (C=O) groups is 1. The second-order valence-electron chi connectivity index (χ2n) is 8.62. The lowest BCUT2D eigenvalue weighted by Gasteiger charge is -2.48. The highest BCUT2D eigenvalue weighted by atomic mass is 32.1. The molecule has 2 heterocycles. The van der Waals surface area contributed by atoms with Gasteiger partial charge in [0.1, 0.15) is 11.4 Å². The van der Waals surface area contributed by atoms with Crippen molar-refractivity contribution < 1.29 is 9.53 Å². The number of rotatable bonds is 4. The molecule has 0 radical (unpaired) electrons. The Morgan fingerprint density at radius 2 is 1.87 bits per heavy atom. The summed E-state index contributed by atoms with van der Waals surface area (Å²) in [6, 6.07) is 17.5. The largest absolute Gasteiger partial charge is 0.375 e. The molecule has 1 saturated heterocycles. The quantitative estimate of drug-likeness (QED) is 0.577. The summed E-state index contributed by atoms with van der Waals surface area (Å²) >= 11 is 5.67. The van der Waals surface area contributed by atoms with E-state index in [1.54, 1.807) is 0 Å². The Bertz CT molecular complexity index is 1000. The van der Waals surface area contributed by atoms with Gasteiger partial charge < -0.3 is 15.0 Å². The number of ether oxygens (including phenoxy) is 1. The standard InChI is InChI=1S/C24H27N3O2S/c1-17-9-7-8-12-19(17)25-21-24(13-14-29-23(2,3)16-24)27(22(30)26-21)15-20(28)18-10-5-4-6-11-18/h4-12H,13-16H2,1-3H3,(H,25,26,30)/t24-/m0/s1. The third-order valence-corrected chi connectivity index (χ3v) is 6.23. The second-order valence-corrected chi connectivity index (χ2v) is 8.99. The number of benzene rings is 2. The van der Waals surface area contributed by atoms with Crippen LogP contribution in [-0.4, -0.2) is 45.9 Å². The summed E-state index contributed by atoms with van der Waals surface area (Å²) in [6.45, 7) is 7.00. The van der Waals surface area contributed by atoms with Gasteiger partial charge in [0.25, 0.3) is 0 Å².